The van der Waals surface area contributed by atoms with Gasteiger partial charge in [0, 0.05) is 0 Å². The third-order valence-electron chi connectivity index (χ3n) is 6.21. The van der Waals surface area contributed by atoms with Gasteiger partial charge in [-0.05, 0) is 53.5 Å². The van der Waals surface area contributed by atoms with E-state index in [-0.39, 0.29) is 11.4 Å². The lowest BCUT2D eigenvalue weighted by molar-refractivity contribution is -0.143. The highest BCUT2D eigenvalue weighted by Crippen LogP contribution is 2.65. The maximum Gasteiger partial charge on any atom is 0.321 e. The highest BCUT2D eigenvalue weighted by atomic mass is 16.5. The first-order valence-electron chi connectivity index (χ1n) is 8.34. The zero-order valence-electron chi connectivity index (χ0n) is 13.8. The number of carbonyl (C=O) groups excluding carboxylic acids is 1. The zero-order chi connectivity index (χ0) is 16.2. The molecule has 0 aliphatic heterocycles. The molecule has 2 nitrogen and oxygen atoms in total. The van der Waals surface area contributed by atoms with Gasteiger partial charge in [-0.15, -0.1) is 0 Å². The first-order valence-corrected chi connectivity index (χ1v) is 8.34. The first-order chi connectivity index (χ1) is 10.9. The van der Waals surface area contributed by atoms with E-state index < -0.39 is 5.41 Å². The molecule has 0 aromatic heterocycles. The van der Waals surface area contributed by atoms with Crippen LogP contribution in [0.4, 0.5) is 0 Å². The molecule has 2 aromatic rings. The molecule has 0 N–H and O–H groups in total. The van der Waals surface area contributed by atoms with Gasteiger partial charge in [-0.3, -0.25) is 4.79 Å². The summed E-state index contributed by atoms with van der Waals surface area (Å²) in [5.41, 5.74) is 0.632. The van der Waals surface area contributed by atoms with Crippen LogP contribution in [0.15, 0.2) is 54.6 Å². The highest BCUT2D eigenvalue weighted by molar-refractivity contribution is 5.87. The fraction of sp³-hybridized carbons (Fsp3) is 0.381. The van der Waals surface area contributed by atoms with E-state index in [4.69, 9.17) is 4.74 Å². The van der Waals surface area contributed by atoms with Crippen LogP contribution in [0.1, 0.15) is 33.1 Å². The third-order valence-corrected chi connectivity index (χ3v) is 6.21. The van der Waals surface area contributed by atoms with Gasteiger partial charge in [0.05, 0.1) is 5.41 Å². The lowest BCUT2D eigenvalue weighted by Gasteiger charge is -2.36. The van der Waals surface area contributed by atoms with Gasteiger partial charge in [0.25, 0.3) is 0 Å². The SMILES string of the molecule is C=C1C2(C(=O)Oc3ccc4ccccc4c3)CCC(C2)C1(C)C. The number of hydrogen-bond acceptors (Lipinski definition) is 2. The van der Waals surface area contributed by atoms with E-state index in [9.17, 15) is 4.79 Å². The van der Waals surface area contributed by atoms with Crippen LogP contribution in [0.25, 0.3) is 10.8 Å². The van der Waals surface area contributed by atoms with Crippen molar-refractivity contribution in [3.05, 3.63) is 54.6 Å². The van der Waals surface area contributed by atoms with Crippen molar-refractivity contribution in [1.29, 1.82) is 0 Å². The van der Waals surface area contributed by atoms with Crippen LogP contribution in [-0.4, -0.2) is 5.97 Å². The third kappa shape index (κ3) is 1.97. The Morgan fingerprint density at radius 2 is 1.91 bits per heavy atom. The smallest absolute Gasteiger partial charge is 0.321 e. The van der Waals surface area contributed by atoms with Gasteiger partial charge in [-0.2, -0.15) is 0 Å². The molecule has 2 aliphatic rings. The molecule has 2 unspecified atom stereocenters. The summed E-state index contributed by atoms with van der Waals surface area (Å²) in [7, 11) is 0. The van der Waals surface area contributed by atoms with E-state index >= 15 is 0 Å². The standard InChI is InChI=1S/C21H22O2/c1-14-20(2,3)17-10-11-21(14,13-17)19(22)23-18-9-8-15-6-4-5-7-16(15)12-18/h4-9,12,17H,1,10-11,13H2,2-3H3. The summed E-state index contributed by atoms with van der Waals surface area (Å²) in [5.74, 6) is 1.06. The van der Waals surface area contributed by atoms with E-state index in [2.05, 4.69) is 26.5 Å². The molecule has 0 radical (unpaired) electrons. The van der Waals surface area contributed by atoms with Crippen molar-refractivity contribution in [3.8, 4) is 5.75 Å². The van der Waals surface area contributed by atoms with E-state index in [0.717, 1.165) is 35.6 Å². The number of ether oxygens (including phenoxy) is 1. The molecule has 2 bridgehead atoms. The summed E-state index contributed by atoms with van der Waals surface area (Å²) in [5, 5.41) is 2.24. The number of hydrogen-bond donors (Lipinski definition) is 0. The van der Waals surface area contributed by atoms with Gasteiger partial charge in [0.1, 0.15) is 5.75 Å². The van der Waals surface area contributed by atoms with E-state index in [1.807, 2.05) is 36.4 Å². The molecule has 2 saturated carbocycles. The second-order valence-electron chi connectivity index (χ2n) is 7.62. The van der Waals surface area contributed by atoms with Crippen LogP contribution in [0.3, 0.4) is 0 Å². The molecule has 4 rings (SSSR count). The van der Waals surface area contributed by atoms with Gasteiger partial charge in [0.15, 0.2) is 0 Å². The number of benzene rings is 2. The van der Waals surface area contributed by atoms with Crippen LogP contribution in [0, 0.1) is 16.7 Å². The quantitative estimate of drug-likeness (QED) is 0.437. The van der Waals surface area contributed by atoms with Crippen molar-refractivity contribution < 1.29 is 9.53 Å². The lowest BCUT2D eigenvalue weighted by atomic mass is 9.68. The summed E-state index contributed by atoms with van der Waals surface area (Å²) in [6.45, 7) is 8.70. The molecule has 2 aliphatic carbocycles. The normalized spacial score (nSPS) is 28.3. The van der Waals surface area contributed by atoms with Crippen LogP contribution in [0.5, 0.6) is 5.75 Å². The van der Waals surface area contributed by atoms with Gasteiger partial charge >= 0.3 is 5.97 Å². The molecule has 23 heavy (non-hydrogen) atoms. The van der Waals surface area contributed by atoms with E-state index in [0.29, 0.717) is 11.7 Å². The van der Waals surface area contributed by atoms with Crippen molar-refractivity contribution in [2.45, 2.75) is 33.1 Å². The summed E-state index contributed by atoms with van der Waals surface area (Å²) in [6, 6.07) is 13.9. The fourth-order valence-electron chi connectivity index (χ4n) is 4.54. The Labute approximate surface area is 137 Å². The first kappa shape index (κ1) is 14.5. The Hall–Kier alpha value is -2.09. The fourth-order valence-corrected chi connectivity index (χ4v) is 4.54. The molecule has 2 atom stereocenters. The number of fused-ring (bicyclic) bond motifs is 3. The molecule has 2 aromatic carbocycles. The summed E-state index contributed by atoms with van der Waals surface area (Å²) >= 11 is 0. The van der Waals surface area contributed by atoms with Crippen LogP contribution in [-0.2, 0) is 4.79 Å². The maximum atomic E-state index is 12.9. The molecular formula is C21H22O2. The monoisotopic (exact) mass is 306 g/mol. The molecular weight excluding hydrogens is 284 g/mol. The molecule has 2 fully saturated rings. The molecule has 0 amide bonds. The van der Waals surface area contributed by atoms with Crippen molar-refractivity contribution in [2.75, 3.05) is 0 Å². The predicted molar refractivity (Wildman–Crippen MR) is 92.3 cm³/mol. The average Bonchev–Trinajstić information content (AvgIpc) is 3.07. The number of rotatable bonds is 2. The largest absolute Gasteiger partial charge is 0.426 e. The molecule has 2 heteroatoms. The Bertz CT molecular complexity index is 817. The number of carbonyl (C=O) groups is 1. The summed E-state index contributed by atoms with van der Waals surface area (Å²) in [4.78, 5) is 12.9. The minimum Gasteiger partial charge on any atom is -0.426 e. The van der Waals surface area contributed by atoms with Gasteiger partial charge < -0.3 is 4.74 Å². The average molecular weight is 306 g/mol. The zero-order valence-corrected chi connectivity index (χ0v) is 13.8. The minimum absolute atomic E-state index is 0.0423. The predicted octanol–water partition coefficient (Wildman–Crippen LogP) is 5.13. The van der Waals surface area contributed by atoms with Gasteiger partial charge in [-0.1, -0.05) is 56.3 Å². The molecule has 0 saturated heterocycles. The Morgan fingerprint density at radius 3 is 2.61 bits per heavy atom. The number of esters is 1. The Balaban J connectivity index is 1.63. The van der Waals surface area contributed by atoms with Gasteiger partial charge in [0.2, 0.25) is 0 Å². The topological polar surface area (TPSA) is 26.3 Å². The molecule has 0 spiro atoms. The second-order valence-corrected chi connectivity index (χ2v) is 7.62. The van der Waals surface area contributed by atoms with Crippen LogP contribution < -0.4 is 4.74 Å². The lowest BCUT2D eigenvalue weighted by Crippen LogP contribution is -2.36. The minimum atomic E-state index is -0.472. The molecule has 118 valence electrons. The van der Waals surface area contributed by atoms with Crippen molar-refractivity contribution in [2.24, 2.45) is 16.7 Å². The van der Waals surface area contributed by atoms with Crippen molar-refractivity contribution in [3.63, 3.8) is 0 Å². The summed E-state index contributed by atoms with van der Waals surface area (Å²) < 4.78 is 5.79. The Kier molecular flexibility index (Phi) is 2.96. The van der Waals surface area contributed by atoms with Crippen LogP contribution >= 0.6 is 0 Å². The Morgan fingerprint density at radius 1 is 1.17 bits per heavy atom. The second kappa shape index (κ2) is 4.70. The van der Waals surface area contributed by atoms with Crippen molar-refractivity contribution in [1.82, 2.24) is 0 Å². The van der Waals surface area contributed by atoms with Crippen LogP contribution in [0.2, 0.25) is 0 Å². The molecule has 0 heterocycles. The van der Waals surface area contributed by atoms with E-state index in [1.54, 1.807) is 0 Å². The highest BCUT2D eigenvalue weighted by Gasteiger charge is 2.61. The summed E-state index contributed by atoms with van der Waals surface area (Å²) in [6.07, 6.45) is 2.87. The van der Waals surface area contributed by atoms with Crippen molar-refractivity contribution >= 4 is 16.7 Å². The maximum absolute atomic E-state index is 12.9. The van der Waals surface area contributed by atoms with E-state index in [1.165, 1.54) is 0 Å². The van der Waals surface area contributed by atoms with Gasteiger partial charge in [-0.25, -0.2) is 0 Å².